The minimum Gasteiger partial charge on any atom is -0.497 e. The van der Waals surface area contributed by atoms with Crippen molar-refractivity contribution in [3.63, 3.8) is 0 Å². The van der Waals surface area contributed by atoms with Gasteiger partial charge in [0.2, 0.25) is 0 Å². The molecule has 1 N–H and O–H groups in total. The Kier molecular flexibility index (Phi) is 5.49. The summed E-state index contributed by atoms with van der Waals surface area (Å²) >= 11 is 7.25. The van der Waals surface area contributed by atoms with E-state index in [9.17, 15) is 4.79 Å². The first-order valence-corrected chi connectivity index (χ1v) is 8.91. The minimum atomic E-state index is -0.302. The number of amides is 1. The zero-order valence-corrected chi connectivity index (χ0v) is 16.0. The molecule has 3 rings (SSSR count). The normalized spacial score (nSPS) is 10.6. The smallest absolute Gasteiger partial charge is 0.264 e. The Labute approximate surface area is 159 Å². The van der Waals surface area contributed by atoms with Crippen molar-refractivity contribution in [2.24, 2.45) is 0 Å². The van der Waals surface area contributed by atoms with Gasteiger partial charge < -0.3 is 14.2 Å². The van der Waals surface area contributed by atoms with Crippen LogP contribution in [-0.2, 0) is 4.79 Å². The number of fused-ring (bicyclic) bond motifs is 1. The molecule has 8 heteroatoms. The quantitative estimate of drug-likeness (QED) is 0.677. The standard InChI is InChI=1S/C18H17ClN2O4S/c1-10-6-11(19)4-5-13(10)25-9-16(22)20-18-21-17-14(24-3)7-12(23-2)8-15(17)26-18/h4-8H,9H2,1-3H3,(H,20,21,22). The molecule has 136 valence electrons. The Morgan fingerprint density at radius 3 is 2.69 bits per heavy atom. The van der Waals surface area contributed by atoms with Gasteiger partial charge in [0.25, 0.3) is 5.91 Å². The van der Waals surface area contributed by atoms with Crippen LogP contribution < -0.4 is 19.5 Å². The van der Waals surface area contributed by atoms with Crippen LogP contribution >= 0.6 is 22.9 Å². The summed E-state index contributed by atoms with van der Waals surface area (Å²) in [6.45, 7) is 1.74. The van der Waals surface area contributed by atoms with E-state index in [-0.39, 0.29) is 12.5 Å². The highest BCUT2D eigenvalue weighted by Gasteiger charge is 2.14. The number of thiazole rings is 1. The van der Waals surface area contributed by atoms with Gasteiger partial charge in [0.05, 0.1) is 18.9 Å². The molecule has 2 aromatic carbocycles. The highest BCUT2D eigenvalue weighted by atomic mass is 35.5. The molecule has 1 aromatic heterocycles. The third-order valence-electron chi connectivity index (χ3n) is 3.63. The van der Waals surface area contributed by atoms with Gasteiger partial charge in [0, 0.05) is 11.1 Å². The third-order valence-corrected chi connectivity index (χ3v) is 4.78. The number of hydrogen-bond acceptors (Lipinski definition) is 6. The number of nitrogens with one attached hydrogen (secondary N) is 1. The number of aryl methyl sites for hydroxylation is 1. The summed E-state index contributed by atoms with van der Waals surface area (Å²) in [5.74, 6) is 1.56. The third kappa shape index (κ3) is 4.00. The van der Waals surface area contributed by atoms with E-state index in [4.69, 9.17) is 25.8 Å². The van der Waals surface area contributed by atoms with Crippen molar-refractivity contribution in [2.75, 3.05) is 26.1 Å². The highest BCUT2D eigenvalue weighted by Crippen LogP contribution is 2.36. The molecule has 0 spiro atoms. The molecule has 0 saturated carbocycles. The summed E-state index contributed by atoms with van der Waals surface area (Å²) in [7, 11) is 3.15. The van der Waals surface area contributed by atoms with Gasteiger partial charge in [0.1, 0.15) is 22.8 Å². The van der Waals surface area contributed by atoms with Crippen molar-refractivity contribution in [1.82, 2.24) is 4.98 Å². The number of anilines is 1. The number of carbonyl (C=O) groups excluding carboxylic acids is 1. The second-order valence-electron chi connectivity index (χ2n) is 5.44. The van der Waals surface area contributed by atoms with Gasteiger partial charge in [-0.1, -0.05) is 22.9 Å². The van der Waals surface area contributed by atoms with Gasteiger partial charge in [-0.05, 0) is 36.8 Å². The minimum absolute atomic E-state index is 0.126. The lowest BCUT2D eigenvalue weighted by molar-refractivity contribution is -0.118. The number of ether oxygens (including phenoxy) is 3. The van der Waals surface area contributed by atoms with E-state index >= 15 is 0 Å². The summed E-state index contributed by atoms with van der Waals surface area (Å²) in [5.41, 5.74) is 1.53. The first kappa shape index (κ1) is 18.3. The number of carbonyl (C=O) groups is 1. The number of rotatable bonds is 6. The second-order valence-corrected chi connectivity index (χ2v) is 6.91. The van der Waals surface area contributed by atoms with Crippen LogP contribution in [0.1, 0.15) is 5.56 Å². The van der Waals surface area contributed by atoms with Gasteiger partial charge in [-0.2, -0.15) is 0 Å². The predicted octanol–water partition coefficient (Wildman–Crippen LogP) is 4.29. The van der Waals surface area contributed by atoms with E-state index in [0.29, 0.717) is 32.9 Å². The van der Waals surface area contributed by atoms with Crippen molar-refractivity contribution >= 4 is 44.2 Å². The Morgan fingerprint density at radius 1 is 1.19 bits per heavy atom. The summed E-state index contributed by atoms with van der Waals surface area (Å²) in [5, 5.41) is 3.83. The van der Waals surface area contributed by atoms with Crippen molar-refractivity contribution in [3.05, 3.63) is 40.9 Å². The van der Waals surface area contributed by atoms with Crippen LogP contribution in [0.4, 0.5) is 5.13 Å². The molecule has 0 aliphatic carbocycles. The van der Waals surface area contributed by atoms with E-state index in [0.717, 1.165) is 10.3 Å². The van der Waals surface area contributed by atoms with Gasteiger partial charge in [-0.15, -0.1) is 0 Å². The van der Waals surface area contributed by atoms with Crippen LogP contribution in [0.25, 0.3) is 10.2 Å². The Balaban J connectivity index is 1.71. The van der Waals surface area contributed by atoms with Crippen LogP contribution in [0.15, 0.2) is 30.3 Å². The number of benzene rings is 2. The van der Waals surface area contributed by atoms with E-state index in [2.05, 4.69) is 10.3 Å². The number of aromatic nitrogens is 1. The predicted molar refractivity (Wildman–Crippen MR) is 103 cm³/mol. The summed E-state index contributed by atoms with van der Waals surface area (Å²) in [6.07, 6.45) is 0. The second kappa shape index (κ2) is 7.80. The van der Waals surface area contributed by atoms with Crippen molar-refractivity contribution in [2.45, 2.75) is 6.92 Å². The fourth-order valence-corrected chi connectivity index (χ4v) is 3.53. The van der Waals surface area contributed by atoms with Crippen molar-refractivity contribution < 1.29 is 19.0 Å². The number of hydrogen-bond donors (Lipinski definition) is 1. The van der Waals surface area contributed by atoms with Crippen molar-refractivity contribution in [3.8, 4) is 17.2 Å². The van der Waals surface area contributed by atoms with E-state index in [1.807, 2.05) is 13.0 Å². The fraction of sp³-hybridized carbons (Fsp3) is 0.222. The lowest BCUT2D eigenvalue weighted by atomic mass is 10.2. The first-order valence-electron chi connectivity index (χ1n) is 7.71. The molecule has 0 bridgehead atoms. The Bertz CT molecular complexity index is 958. The molecule has 0 unspecified atom stereocenters. The van der Waals surface area contributed by atoms with Gasteiger partial charge in [-0.3, -0.25) is 10.1 Å². The molecule has 0 fully saturated rings. The molecular weight excluding hydrogens is 376 g/mol. The molecule has 0 radical (unpaired) electrons. The summed E-state index contributed by atoms with van der Waals surface area (Å²) in [4.78, 5) is 16.6. The Morgan fingerprint density at radius 2 is 2.00 bits per heavy atom. The molecule has 0 aliphatic heterocycles. The molecule has 1 amide bonds. The van der Waals surface area contributed by atoms with E-state index in [1.54, 1.807) is 38.5 Å². The SMILES string of the molecule is COc1cc(OC)c2nc(NC(=O)COc3ccc(Cl)cc3C)sc2c1. The van der Waals surface area contributed by atoms with E-state index in [1.165, 1.54) is 11.3 Å². The topological polar surface area (TPSA) is 69.7 Å². The largest absolute Gasteiger partial charge is 0.497 e. The lowest BCUT2D eigenvalue weighted by Gasteiger charge is -2.08. The van der Waals surface area contributed by atoms with Crippen LogP contribution in [-0.4, -0.2) is 31.7 Å². The molecule has 0 aliphatic rings. The molecular formula is C18H17ClN2O4S. The zero-order chi connectivity index (χ0) is 18.7. The van der Waals surface area contributed by atoms with Crippen molar-refractivity contribution in [1.29, 1.82) is 0 Å². The van der Waals surface area contributed by atoms with Crippen LogP contribution in [0, 0.1) is 6.92 Å². The monoisotopic (exact) mass is 392 g/mol. The fourth-order valence-electron chi connectivity index (χ4n) is 2.38. The molecule has 26 heavy (non-hydrogen) atoms. The summed E-state index contributed by atoms with van der Waals surface area (Å²) in [6, 6.07) is 8.83. The lowest BCUT2D eigenvalue weighted by Crippen LogP contribution is -2.20. The van der Waals surface area contributed by atoms with Crippen LogP contribution in [0.5, 0.6) is 17.2 Å². The maximum atomic E-state index is 12.2. The molecule has 0 saturated heterocycles. The van der Waals surface area contributed by atoms with Gasteiger partial charge in [0.15, 0.2) is 11.7 Å². The maximum Gasteiger partial charge on any atom is 0.264 e. The number of methoxy groups -OCH3 is 2. The number of halogens is 1. The maximum absolute atomic E-state index is 12.2. The zero-order valence-electron chi connectivity index (χ0n) is 14.5. The van der Waals surface area contributed by atoms with Crippen LogP contribution in [0.3, 0.4) is 0 Å². The summed E-state index contributed by atoms with van der Waals surface area (Å²) < 4.78 is 17.0. The molecule has 1 heterocycles. The Hall–Kier alpha value is -2.51. The molecule has 0 atom stereocenters. The molecule has 3 aromatic rings. The molecule has 6 nitrogen and oxygen atoms in total. The highest BCUT2D eigenvalue weighted by molar-refractivity contribution is 7.22. The van der Waals surface area contributed by atoms with Gasteiger partial charge in [-0.25, -0.2) is 4.98 Å². The van der Waals surface area contributed by atoms with Gasteiger partial charge >= 0.3 is 0 Å². The average molecular weight is 393 g/mol. The average Bonchev–Trinajstić information content (AvgIpc) is 3.02. The van der Waals surface area contributed by atoms with E-state index < -0.39 is 0 Å². The first-order chi connectivity index (χ1) is 12.5. The number of nitrogens with zero attached hydrogens (tertiary/aromatic N) is 1. The van der Waals surface area contributed by atoms with Crippen LogP contribution in [0.2, 0.25) is 5.02 Å².